The molecule has 0 aliphatic heterocycles. The molecule has 1 aromatic rings. The van der Waals surface area contributed by atoms with Gasteiger partial charge in [0.25, 0.3) is 5.09 Å². The van der Waals surface area contributed by atoms with Crippen molar-refractivity contribution >= 4 is 11.3 Å². The number of nitrogens with zero attached hydrogens (tertiary/aromatic N) is 2. The monoisotopic (exact) mass is 245 g/mol. The van der Waals surface area contributed by atoms with E-state index in [2.05, 4.69) is 22.1 Å². The molecule has 1 rings (SSSR count). The zero-order valence-corrected chi connectivity index (χ0v) is 10.2. The van der Waals surface area contributed by atoms with Gasteiger partial charge in [-0.1, -0.05) is 6.92 Å². The molecule has 6 nitrogen and oxygen atoms in total. The van der Waals surface area contributed by atoms with Gasteiger partial charge in [0.05, 0.1) is 10.7 Å². The first-order valence-corrected chi connectivity index (χ1v) is 5.88. The fraction of sp³-hybridized carbons (Fsp3) is 0.667. The van der Waals surface area contributed by atoms with Crippen molar-refractivity contribution in [2.75, 3.05) is 13.3 Å². The minimum Gasteiger partial charge on any atom is -0.299 e. The van der Waals surface area contributed by atoms with Gasteiger partial charge in [-0.25, -0.2) is 4.98 Å². The number of rotatable bonds is 7. The summed E-state index contributed by atoms with van der Waals surface area (Å²) in [5, 5.41) is 13.0. The molecule has 1 N–H and O–H groups in total. The molecular formula is C9H15N3O3S. The molecule has 0 aliphatic carbocycles. The second kappa shape index (κ2) is 6.39. The van der Waals surface area contributed by atoms with E-state index in [0.717, 1.165) is 23.5 Å². The van der Waals surface area contributed by atoms with Crippen LogP contribution in [0.25, 0.3) is 0 Å². The van der Waals surface area contributed by atoms with Crippen molar-refractivity contribution in [3.63, 3.8) is 0 Å². The standard InChI is InChI=1S/C9H15N3O3S/c1-3-9-11-7(2)8(16-9)4-5-10-6-15-12(13)14/h10H,3-6H2,1-2H3. The van der Waals surface area contributed by atoms with Crippen LogP contribution >= 0.6 is 11.3 Å². The molecule has 0 spiro atoms. The predicted octanol–water partition coefficient (Wildman–Crippen LogP) is 1.31. The Morgan fingerprint density at radius 2 is 2.38 bits per heavy atom. The van der Waals surface area contributed by atoms with Crippen molar-refractivity contribution in [3.05, 3.63) is 25.7 Å². The highest BCUT2D eigenvalue weighted by molar-refractivity contribution is 7.11. The van der Waals surface area contributed by atoms with Gasteiger partial charge in [0, 0.05) is 11.4 Å². The maximum atomic E-state index is 9.86. The van der Waals surface area contributed by atoms with Crippen LogP contribution in [0.2, 0.25) is 0 Å². The van der Waals surface area contributed by atoms with Crippen LogP contribution in [-0.4, -0.2) is 23.3 Å². The van der Waals surface area contributed by atoms with Crippen LogP contribution in [0.15, 0.2) is 0 Å². The lowest BCUT2D eigenvalue weighted by Crippen LogP contribution is -2.22. The quantitative estimate of drug-likeness (QED) is 0.339. The predicted molar refractivity (Wildman–Crippen MR) is 60.9 cm³/mol. The summed E-state index contributed by atoms with van der Waals surface area (Å²) in [6, 6.07) is 0. The maximum absolute atomic E-state index is 9.86. The van der Waals surface area contributed by atoms with Crippen molar-refractivity contribution in [2.24, 2.45) is 0 Å². The number of thiazole rings is 1. The summed E-state index contributed by atoms with van der Waals surface area (Å²) < 4.78 is 0. The molecule has 16 heavy (non-hydrogen) atoms. The minimum atomic E-state index is -0.805. The van der Waals surface area contributed by atoms with E-state index in [1.807, 2.05) is 6.92 Å². The van der Waals surface area contributed by atoms with Gasteiger partial charge in [-0.3, -0.25) is 10.2 Å². The van der Waals surface area contributed by atoms with Gasteiger partial charge in [0.1, 0.15) is 6.73 Å². The van der Waals surface area contributed by atoms with E-state index >= 15 is 0 Å². The Kier molecular flexibility index (Phi) is 5.13. The molecule has 0 bridgehead atoms. The van der Waals surface area contributed by atoms with Crippen LogP contribution in [0.1, 0.15) is 22.5 Å². The topological polar surface area (TPSA) is 77.3 Å². The number of nitrogens with one attached hydrogen (secondary N) is 1. The third kappa shape index (κ3) is 4.11. The van der Waals surface area contributed by atoms with Crippen molar-refractivity contribution in [1.29, 1.82) is 0 Å². The van der Waals surface area contributed by atoms with Gasteiger partial charge in [0.2, 0.25) is 0 Å². The molecule has 0 atom stereocenters. The summed E-state index contributed by atoms with van der Waals surface area (Å²) in [5.74, 6) is 0. The van der Waals surface area contributed by atoms with Crippen LogP contribution in [0.5, 0.6) is 0 Å². The Bertz CT molecular complexity index is 354. The number of hydrogen-bond acceptors (Lipinski definition) is 6. The fourth-order valence-corrected chi connectivity index (χ4v) is 2.25. The molecule has 1 aromatic heterocycles. The molecule has 0 aromatic carbocycles. The Morgan fingerprint density at radius 1 is 1.62 bits per heavy atom. The lowest BCUT2D eigenvalue weighted by atomic mass is 10.3. The first-order valence-electron chi connectivity index (χ1n) is 5.06. The molecule has 0 unspecified atom stereocenters. The number of hydrogen-bond donors (Lipinski definition) is 1. The SMILES string of the molecule is CCc1nc(C)c(CCNCO[N+](=O)[O-])s1. The lowest BCUT2D eigenvalue weighted by molar-refractivity contribution is -0.758. The average molecular weight is 245 g/mol. The zero-order chi connectivity index (χ0) is 12.0. The summed E-state index contributed by atoms with van der Waals surface area (Å²) in [5.41, 5.74) is 1.05. The van der Waals surface area contributed by atoms with Crippen molar-refractivity contribution < 1.29 is 9.92 Å². The summed E-state index contributed by atoms with van der Waals surface area (Å²) in [4.78, 5) is 19.6. The number of aromatic nitrogens is 1. The third-order valence-corrected chi connectivity index (χ3v) is 3.40. The van der Waals surface area contributed by atoms with E-state index in [-0.39, 0.29) is 6.73 Å². The van der Waals surface area contributed by atoms with Crippen LogP contribution in [0.4, 0.5) is 0 Å². The van der Waals surface area contributed by atoms with E-state index < -0.39 is 5.09 Å². The Hall–Kier alpha value is -1.21. The molecule has 7 heteroatoms. The molecule has 90 valence electrons. The second-order valence-corrected chi connectivity index (χ2v) is 4.38. The van der Waals surface area contributed by atoms with Crippen LogP contribution in [-0.2, 0) is 17.7 Å². The molecule has 0 saturated heterocycles. The zero-order valence-electron chi connectivity index (χ0n) is 9.36. The van der Waals surface area contributed by atoms with E-state index in [4.69, 9.17) is 0 Å². The molecular weight excluding hydrogens is 230 g/mol. The molecule has 0 aliphatic rings. The van der Waals surface area contributed by atoms with Gasteiger partial charge >= 0.3 is 0 Å². The summed E-state index contributed by atoms with van der Waals surface area (Å²) >= 11 is 1.70. The van der Waals surface area contributed by atoms with Crippen molar-refractivity contribution in [1.82, 2.24) is 10.3 Å². The largest absolute Gasteiger partial charge is 0.299 e. The van der Waals surface area contributed by atoms with Crippen molar-refractivity contribution in [2.45, 2.75) is 26.7 Å². The van der Waals surface area contributed by atoms with E-state index in [1.165, 1.54) is 4.88 Å². The smallest absolute Gasteiger partial charge is 0.295 e. The highest BCUT2D eigenvalue weighted by Gasteiger charge is 2.05. The fourth-order valence-electron chi connectivity index (χ4n) is 1.24. The van der Waals surface area contributed by atoms with Gasteiger partial charge in [-0.05, 0) is 19.8 Å². The summed E-state index contributed by atoms with van der Waals surface area (Å²) in [6.45, 7) is 4.65. The summed E-state index contributed by atoms with van der Waals surface area (Å²) in [6.07, 6.45) is 1.77. The normalized spacial score (nSPS) is 10.4. The lowest BCUT2D eigenvalue weighted by Gasteiger charge is -2.01. The number of aryl methyl sites for hydroxylation is 2. The first kappa shape index (κ1) is 12.9. The third-order valence-electron chi connectivity index (χ3n) is 2.04. The molecule has 0 fully saturated rings. The summed E-state index contributed by atoms with van der Waals surface area (Å²) in [7, 11) is 0. The van der Waals surface area contributed by atoms with Gasteiger partial charge < -0.3 is 0 Å². The van der Waals surface area contributed by atoms with Crippen LogP contribution in [0.3, 0.4) is 0 Å². The second-order valence-electron chi connectivity index (χ2n) is 3.22. The molecule has 0 radical (unpaired) electrons. The van der Waals surface area contributed by atoms with Crippen LogP contribution < -0.4 is 5.32 Å². The first-order chi connectivity index (χ1) is 7.63. The molecule has 0 amide bonds. The van der Waals surface area contributed by atoms with E-state index in [0.29, 0.717) is 6.54 Å². The maximum Gasteiger partial charge on any atom is 0.295 e. The van der Waals surface area contributed by atoms with Gasteiger partial charge in [0.15, 0.2) is 0 Å². The van der Waals surface area contributed by atoms with E-state index in [9.17, 15) is 10.1 Å². The van der Waals surface area contributed by atoms with E-state index in [1.54, 1.807) is 11.3 Å². The minimum absolute atomic E-state index is 0.0640. The molecule has 1 heterocycles. The average Bonchev–Trinajstić information content (AvgIpc) is 2.59. The highest BCUT2D eigenvalue weighted by Crippen LogP contribution is 2.18. The van der Waals surface area contributed by atoms with Gasteiger partial charge in [-0.15, -0.1) is 21.5 Å². The molecule has 0 saturated carbocycles. The Labute approximate surface area is 97.8 Å². The van der Waals surface area contributed by atoms with Crippen LogP contribution in [0, 0.1) is 17.0 Å². The Balaban J connectivity index is 2.26. The highest BCUT2D eigenvalue weighted by atomic mass is 32.1. The van der Waals surface area contributed by atoms with Gasteiger partial charge in [-0.2, -0.15) is 0 Å². The van der Waals surface area contributed by atoms with Crippen molar-refractivity contribution in [3.8, 4) is 0 Å². The Morgan fingerprint density at radius 3 is 2.94 bits per heavy atom.